The van der Waals surface area contributed by atoms with Gasteiger partial charge in [-0.25, -0.2) is 4.98 Å². The van der Waals surface area contributed by atoms with Gasteiger partial charge in [-0.1, -0.05) is 4.98 Å². The Hall–Kier alpha value is -1.94. The predicted octanol–water partition coefficient (Wildman–Crippen LogP) is 2.31. The van der Waals surface area contributed by atoms with E-state index in [9.17, 15) is 9.59 Å². The first kappa shape index (κ1) is 21.4. The number of hydrogen-bond donors (Lipinski definition) is 0. The average molecular weight is 503 g/mol. The van der Waals surface area contributed by atoms with Crippen LogP contribution in [0.4, 0.5) is 0 Å². The molecule has 0 aliphatic heterocycles. The summed E-state index contributed by atoms with van der Waals surface area (Å²) < 4.78 is 13.1. The molecule has 27 heavy (non-hydrogen) atoms. The van der Waals surface area contributed by atoms with Crippen LogP contribution in [-0.2, 0) is 38.6 Å². The van der Waals surface area contributed by atoms with Gasteiger partial charge < -0.3 is 9.47 Å². The highest BCUT2D eigenvalue weighted by Crippen LogP contribution is 2.08. The molecule has 0 aliphatic rings. The van der Waals surface area contributed by atoms with Crippen molar-refractivity contribution in [3.05, 3.63) is 45.4 Å². The van der Waals surface area contributed by atoms with E-state index in [1.165, 1.54) is 0 Å². The van der Waals surface area contributed by atoms with Gasteiger partial charge in [0.2, 0.25) is 6.73 Å². The number of aryl methyl sites for hydroxylation is 2. The summed E-state index contributed by atoms with van der Waals surface area (Å²) in [5.74, 6) is -0.595. The van der Waals surface area contributed by atoms with Crippen molar-refractivity contribution in [1.29, 1.82) is 0 Å². The molecule has 2 aromatic heterocycles. The monoisotopic (exact) mass is 501 g/mol. The molecule has 0 atom stereocenters. The summed E-state index contributed by atoms with van der Waals surface area (Å²) in [6.45, 7) is 2.17. The van der Waals surface area contributed by atoms with Crippen molar-refractivity contribution in [3.8, 4) is 0 Å². The minimum atomic E-state index is -0.342. The van der Waals surface area contributed by atoms with Crippen LogP contribution < -0.4 is 4.57 Å². The third-order valence-electron chi connectivity index (χ3n) is 3.44. The number of carbonyl (C=O) groups is 2. The van der Waals surface area contributed by atoms with Crippen LogP contribution in [0.2, 0.25) is 0 Å². The normalized spacial score (nSPS) is 10.5. The quantitative estimate of drug-likeness (QED) is 0.295. The van der Waals surface area contributed by atoms with Gasteiger partial charge in [-0.3, -0.25) is 14.6 Å². The third kappa shape index (κ3) is 7.67. The van der Waals surface area contributed by atoms with E-state index in [0.29, 0.717) is 28.7 Å². The fourth-order valence-corrected chi connectivity index (χ4v) is 2.73. The van der Waals surface area contributed by atoms with Crippen molar-refractivity contribution in [2.75, 3.05) is 6.61 Å². The Morgan fingerprint density at radius 1 is 1.00 bits per heavy atom. The molecule has 0 bridgehead atoms. The zero-order valence-electron chi connectivity index (χ0n) is 14.7. The van der Waals surface area contributed by atoms with Gasteiger partial charge in [-0.15, -0.1) is 0 Å². The van der Waals surface area contributed by atoms with Crippen LogP contribution in [0, 0.1) is 0 Å². The van der Waals surface area contributed by atoms with E-state index in [-0.39, 0.29) is 31.5 Å². The molecule has 0 amide bonds. The van der Waals surface area contributed by atoms with Gasteiger partial charge >= 0.3 is 11.9 Å². The van der Waals surface area contributed by atoms with Gasteiger partial charge in [0.1, 0.15) is 4.60 Å². The second-order valence-electron chi connectivity index (χ2n) is 5.45. The van der Waals surface area contributed by atoms with Gasteiger partial charge in [-0.2, -0.15) is 4.57 Å². The fourth-order valence-electron chi connectivity index (χ4n) is 2.06. The molecule has 0 aliphatic carbocycles. The maximum absolute atomic E-state index is 11.9. The third-order valence-corrected chi connectivity index (χ3v) is 4.53. The molecule has 0 radical (unpaired) electrons. The molecular weight excluding hydrogens is 484 g/mol. The van der Waals surface area contributed by atoms with E-state index in [1.54, 1.807) is 36.3 Å². The van der Waals surface area contributed by atoms with E-state index in [4.69, 9.17) is 9.47 Å². The van der Waals surface area contributed by atoms with Crippen LogP contribution in [0.5, 0.6) is 0 Å². The van der Waals surface area contributed by atoms with Crippen molar-refractivity contribution in [2.45, 2.75) is 39.3 Å². The molecule has 144 valence electrons. The minimum absolute atomic E-state index is 0.0383. The second-order valence-corrected chi connectivity index (χ2v) is 7.08. The zero-order valence-corrected chi connectivity index (χ0v) is 17.9. The van der Waals surface area contributed by atoms with E-state index < -0.39 is 0 Å². The number of carbonyl (C=O) groups excluding carboxylic acids is 2. The van der Waals surface area contributed by atoms with E-state index >= 15 is 0 Å². The summed E-state index contributed by atoms with van der Waals surface area (Å²) in [4.78, 5) is 35.8. The second kappa shape index (κ2) is 11.0. The van der Waals surface area contributed by atoms with Gasteiger partial charge in [0.25, 0.3) is 6.33 Å². The van der Waals surface area contributed by atoms with Crippen LogP contribution in [-0.4, -0.2) is 33.5 Å². The molecule has 2 aromatic rings. The number of hydrogen-bond acceptors (Lipinski definition) is 7. The SMILES string of the molecule is CCOC(=O)CCc1cc(Br)[n+](COC(=O)CCc2cnc(Br)cn2)cn1. The maximum Gasteiger partial charge on any atom is 0.309 e. The Kier molecular flexibility index (Phi) is 8.73. The van der Waals surface area contributed by atoms with Crippen molar-refractivity contribution >= 4 is 43.8 Å². The number of aromatic nitrogens is 4. The van der Waals surface area contributed by atoms with Gasteiger partial charge in [-0.05, 0) is 38.8 Å². The first-order valence-corrected chi connectivity index (χ1v) is 9.88. The molecule has 0 saturated heterocycles. The molecule has 0 spiro atoms. The van der Waals surface area contributed by atoms with Crippen LogP contribution in [0.15, 0.2) is 34.0 Å². The Bertz CT molecular complexity index is 787. The van der Waals surface area contributed by atoms with Gasteiger partial charge in [0, 0.05) is 25.1 Å². The lowest BCUT2D eigenvalue weighted by Crippen LogP contribution is -2.38. The Morgan fingerprint density at radius 3 is 2.33 bits per heavy atom. The number of rotatable bonds is 9. The lowest BCUT2D eigenvalue weighted by Gasteiger charge is -2.05. The molecule has 8 nitrogen and oxygen atoms in total. The highest BCUT2D eigenvalue weighted by Gasteiger charge is 2.14. The topological polar surface area (TPSA) is 95.2 Å². The lowest BCUT2D eigenvalue weighted by atomic mass is 10.2. The fraction of sp³-hybridized carbons (Fsp3) is 0.412. The highest BCUT2D eigenvalue weighted by molar-refractivity contribution is 9.10. The summed E-state index contributed by atoms with van der Waals surface area (Å²) in [6, 6.07) is 1.78. The molecule has 2 heterocycles. The van der Waals surface area contributed by atoms with Gasteiger partial charge in [0.05, 0.1) is 31.3 Å². The summed E-state index contributed by atoms with van der Waals surface area (Å²) >= 11 is 6.62. The maximum atomic E-state index is 11.9. The molecule has 10 heteroatoms. The van der Waals surface area contributed by atoms with Crippen molar-refractivity contribution in [3.63, 3.8) is 0 Å². The summed E-state index contributed by atoms with van der Waals surface area (Å²) in [5.41, 5.74) is 1.46. The average Bonchev–Trinajstić information content (AvgIpc) is 2.65. The van der Waals surface area contributed by atoms with Crippen LogP contribution in [0.1, 0.15) is 31.2 Å². The molecule has 0 saturated carbocycles. The molecular formula is C17H19Br2N4O4+. The molecule has 0 fully saturated rings. The van der Waals surface area contributed by atoms with E-state index in [1.807, 2.05) is 0 Å². The van der Waals surface area contributed by atoms with Crippen LogP contribution in [0.3, 0.4) is 0 Å². The number of nitrogens with zero attached hydrogens (tertiary/aromatic N) is 4. The van der Waals surface area contributed by atoms with Gasteiger partial charge in [0.15, 0.2) is 10.3 Å². The Morgan fingerprint density at radius 2 is 1.70 bits per heavy atom. The molecule has 0 aromatic carbocycles. The van der Waals surface area contributed by atoms with E-state index in [0.717, 1.165) is 11.4 Å². The first-order chi connectivity index (χ1) is 13.0. The summed E-state index contributed by atoms with van der Waals surface area (Å²) in [7, 11) is 0. The number of ether oxygens (including phenoxy) is 2. The van der Waals surface area contributed by atoms with Crippen molar-refractivity contribution in [2.24, 2.45) is 0 Å². The molecule has 0 N–H and O–H groups in total. The van der Waals surface area contributed by atoms with Crippen molar-refractivity contribution < 1.29 is 23.6 Å². The Labute approximate surface area is 173 Å². The predicted molar refractivity (Wildman–Crippen MR) is 101 cm³/mol. The highest BCUT2D eigenvalue weighted by atomic mass is 79.9. The standard InChI is InChI=1S/C17H19Br2N4O4/c1-2-26-16(24)5-3-12-7-15(19)23(10-22-12)11-27-17(25)6-4-13-8-21-14(18)9-20-13/h7-10H,2-6,11H2,1H3/q+1. The largest absolute Gasteiger partial charge is 0.466 e. The minimum Gasteiger partial charge on any atom is -0.466 e. The number of esters is 2. The lowest BCUT2D eigenvalue weighted by molar-refractivity contribution is -0.740. The molecule has 2 rings (SSSR count). The van der Waals surface area contributed by atoms with Crippen LogP contribution in [0.25, 0.3) is 0 Å². The Balaban J connectivity index is 1.78. The smallest absolute Gasteiger partial charge is 0.309 e. The first-order valence-electron chi connectivity index (χ1n) is 8.29. The van der Waals surface area contributed by atoms with Crippen molar-refractivity contribution in [1.82, 2.24) is 15.0 Å². The zero-order chi connectivity index (χ0) is 19.6. The van der Waals surface area contributed by atoms with E-state index in [2.05, 4.69) is 46.8 Å². The summed E-state index contributed by atoms with van der Waals surface area (Å²) in [6.07, 6.45) is 6.16. The molecule has 0 unspecified atom stereocenters. The van der Waals surface area contributed by atoms with Crippen LogP contribution >= 0.6 is 31.9 Å². The summed E-state index contributed by atoms with van der Waals surface area (Å²) in [5, 5.41) is 0. The number of halogens is 2.